The Morgan fingerprint density at radius 1 is 1.50 bits per heavy atom. The summed E-state index contributed by atoms with van der Waals surface area (Å²) in [6.07, 6.45) is 0.853. The van der Waals surface area contributed by atoms with Crippen LogP contribution < -0.4 is 0 Å². The summed E-state index contributed by atoms with van der Waals surface area (Å²) in [6, 6.07) is 0. The van der Waals surface area contributed by atoms with Crippen LogP contribution >= 0.6 is 0 Å². The largest absolute Gasteiger partial charge is 0.390 e. The molecular weight excluding hydrogens is 128 g/mol. The highest BCUT2D eigenvalue weighted by Crippen LogP contribution is 2.12. The lowest BCUT2D eigenvalue weighted by Crippen LogP contribution is -2.26. The Hall–Kier alpha value is -0.0800. The Balaban J connectivity index is 3.47. The van der Waals surface area contributed by atoms with Gasteiger partial charge < -0.3 is 9.84 Å². The van der Waals surface area contributed by atoms with Crippen LogP contribution in [0.1, 0.15) is 34.1 Å². The molecule has 0 bridgehead atoms. The summed E-state index contributed by atoms with van der Waals surface area (Å²) in [5.41, 5.74) is -0.603. The van der Waals surface area contributed by atoms with Gasteiger partial charge in [0.25, 0.3) is 0 Å². The number of hydrogen-bond acceptors (Lipinski definition) is 2. The molecule has 62 valence electrons. The molecule has 0 aliphatic carbocycles. The van der Waals surface area contributed by atoms with E-state index < -0.39 is 5.60 Å². The van der Waals surface area contributed by atoms with Gasteiger partial charge in [-0.3, -0.25) is 0 Å². The molecule has 0 aromatic carbocycles. The zero-order valence-corrected chi connectivity index (χ0v) is 7.35. The van der Waals surface area contributed by atoms with Crippen molar-refractivity contribution in [2.45, 2.75) is 45.8 Å². The second-order valence-corrected chi connectivity index (χ2v) is 3.28. The molecule has 0 aliphatic rings. The van der Waals surface area contributed by atoms with E-state index in [1.807, 2.05) is 13.8 Å². The van der Waals surface area contributed by atoms with Crippen molar-refractivity contribution in [1.29, 1.82) is 0 Å². The van der Waals surface area contributed by atoms with E-state index >= 15 is 0 Å². The summed E-state index contributed by atoms with van der Waals surface area (Å²) in [6.45, 7) is 8.24. The third kappa shape index (κ3) is 6.05. The van der Waals surface area contributed by atoms with Gasteiger partial charge in [-0.1, -0.05) is 0 Å². The van der Waals surface area contributed by atoms with Gasteiger partial charge in [-0.05, 0) is 27.7 Å². The number of aliphatic hydroxyl groups is 1. The standard InChI is InChI=1S/C8H18O2/c1-5-10-7(2)6-8(3,4)9/h7,9H,5-6H2,1-4H3. The van der Waals surface area contributed by atoms with Gasteiger partial charge in [0.1, 0.15) is 0 Å². The van der Waals surface area contributed by atoms with Gasteiger partial charge >= 0.3 is 0 Å². The molecule has 0 aromatic rings. The Kier molecular flexibility index (Phi) is 3.91. The molecule has 1 N–H and O–H groups in total. The lowest BCUT2D eigenvalue weighted by molar-refractivity contribution is -0.00814. The molecule has 0 aliphatic heterocycles. The molecule has 10 heavy (non-hydrogen) atoms. The highest BCUT2D eigenvalue weighted by molar-refractivity contribution is 4.68. The second-order valence-electron chi connectivity index (χ2n) is 3.28. The normalized spacial score (nSPS) is 15.3. The van der Waals surface area contributed by atoms with E-state index in [4.69, 9.17) is 4.74 Å². The van der Waals surface area contributed by atoms with Gasteiger partial charge in [0.05, 0.1) is 11.7 Å². The first kappa shape index (κ1) is 9.92. The highest BCUT2D eigenvalue weighted by atomic mass is 16.5. The van der Waals surface area contributed by atoms with Crippen LogP contribution in [0, 0.1) is 0 Å². The molecule has 0 saturated heterocycles. The van der Waals surface area contributed by atoms with Gasteiger partial charge in [0, 0.05) is 13.0 Å². The maximum Gasteiger partial charge on any atom is 0.0616 e. The molecule has 0 heterocycles. The van der Waals surface area contributed by atoms with E-state index in [0.717, 1.165) is 6.61 Å². The van der Waals surface area contributed by atoms with Gasteiger partial charge in [-0.2, -0.15) is 0 Å². The zero-order chi connectivity index (χ0) is 8.20. The molecule has 0 aromatic heterocycles. The van der Waals surface area contributed by atoms with Crippen molar-refractivity contribution in [3.8, 4) is 0 Å². The monoisotopic (exact) mass is 146 g/mol. The topological polar surface area (TPSA) is 29.5 Å². The lowest BCUT2D eigenvalue weighted by Gasteiger charge is -2.21. The zero-order valence-electron chi connectivity index (χ0n) is 7.35. The Morgan fingerprint density at radius 3 is 2.30 bits per heavy atom. The summed E-state index contributed by atoms with van der Waals surface area (Å²) in [5.74, 6) is 0. The van der Waals surface area contributed by atoms with E-state index in [1.165, 1.54) is 0 Å². The predicted octanol–water partition coefficient (Wildman–Crippen LogP) is 1.57. The van der Waals surface area contributed by atoms with Crippen LogP contribution in [-0.4, -0.2) is 23.4 Å². The third-order valence-electron chi connectivity index (χ3n) is 1.24. The minimum atomic E-state index is -0.603. The maximum absolute atomic E-state index is 9.33. The first-order valence-electron chi connectivity index (χ1n) is 3.79. The minimum Gasteiger partial charge on any atom is -0.390 e. The quantitative estimate of drug-likeness (QED) is 0.652. The van der Waals surface area contributed by atoms with Crippen molar-refractivity contribution < 1.29 is 9.84 Å². The van der Waals surface area contributed by atoms with Crippen LogP contribution in [0.25, 0.3) is 0 Å². The molecular formula is C8H18O2. The Labute approximate surface area is 63.2 Å². The first-order chi connectivity index (χ1) is 4.45. The lowest BCUT2D eigenvalue weighted by atomic mass is 10.0. The fourth-order valence-electron chi connectivity index (χ4n) is 1.05. The molecule has 2 nitrogen and oxygen atoms in total. The van der Waals surface area contributed by atoms with E-state index in [2.05, 4.69) is 0 Å². The van der Waals surface area contributed by atoms with Gasteiger partial charge in [-0.15, -0.1) is 0 Å². The average molecular weight is 146 g/mol. The minimum absolute atomic E-state index is 0.157. The van der Waals surface area contributed by atoms with Gasteiger partial charge in [0.15, 0.2) is 0 Å². The molecule has 0 spiro atoms. The van der Waals surface area contributed by atoms with Crippen LogP contribution in [0.3, 0.4) is 0 Å². The van der Waals surface area contributed by atoms with Crippen LogP contribution in [0.15, 0.2) is 0 Å². The van der Waals surface area contributed by atoms with E-state index in [-0.39, 0.29) is 6.10 Å². The van der Waals surface area contributed by atoms with Crippen LogP contribution in [0.4, 0.5) is 0 Å². The van der Waals surface area contributed by atoms with E-state index in [9.17, 15) is 5.11 Å². The summed E-state index contributed by atoms with van der Waals surface area (Å²) >= 11 is 0. The third-order valence-corrected chi connectivity index (χ3v) is 1.24. The molecule has 0 saturated carbocycles. The summed E-state index contributed by atoms with van der Waals surface area (Å²) in [5, 5.41) is 9.33. The van der Waals surface area contributed by atoms with Crippen molar-refractivity contribution in [2.75, 3.05) is 6.61 Å². The summed E-state index contributed by atoms with van der Waals surface area (Å²) < 4.78 is 5.26. The SMILES string of the molecule is CCOC(C)CC(C)(C)O. The van der Waals surface area contributed by atoms with Crippen molar-refractivity contribution in [3.05, 3.63) is 0 Å². The smallest absolute Gasteiger partial charge is 0.0616 e. The fourth-order valence-corrected chi connectivity index (χ4v) is 1.05. The predicted molar refractivity (Wildman–Crippen MR) is 42.0 cm³/mol. The number of hydrogen-bond donors (Lipinski definition) is 1. The molecule has 1 unspecified atom stereocenters. The number of ether oxygens (including phenoxy) is 1. The van der Waals surface area contributed by atoms with Crippen molar-refractivity contribution in [1.82, 2.24) is 0 Å². The second kappa shape index (κ2) is 3.94. The molecule has 0 rings (SSSR count). The molecule has 2 heteroatoms. The van der Waals surface area contributed by atoms with Gasteiger partial charge in [-0.25, -0.2) is 0 Å². The van der Waals surface area contributed by atoms with Crippen LogP contribution in [0.5, 0.6) is 0 Å². The van der Waals surface area contributed by atoms with Gasteiger partial charge in [0.2, 0.25) is 0 Å². The average Bonchev–Trinajstić information content (AvgIpc) is 1.59. The van der Waals surface area contributed by atoms with Crippen LogP contribution in [0.2, 0.25) is 0 Å². The summed E-state index contributed by atoms with van der Waals surface area (Å²) in [4.78, 5) is 0. The molecule has 1 atom stereocenters. The summed E-state index contributed by atoms with van der Waals surface area (Å²) in [7, 11) is 0. The first-order valence-corrected chi connectivity index (χ1v) is 3.79. The van der Waals surface area contributed by atoms with Crippen molar-refractivity contribution >= 4 is 0 Å². The number of rotatable bonds is 4. The Bertz CT molecular complexity index is 83.7. The molecule has 0 amide bonds. The van der Waals surface area contributed by atoms with Crippen LogP contribution in [-0.2, 0) is 4.74 Å². The van der Waals surface area contributed by atoms with Crippen molar-refractivity contribution in [2.24, 2.45) is 0 Å². The van der Waals surface area contributed by atoms with E-state index in [0.29, 0.717) is 6.42 Å². The van der Waals surface area contributed by atoms with Crippen molar-refractivity contribution in [3.63, 3.8) is 0 Å². The molecule has 0 fully saturated rings. The Morgan fingerprint density at radius 2 is 2.00 bits per heavy atom. The highest BCUT2D eigenvalue weighted by Gasteiger charge is 2.16. The van der Waals surface area contributed by atoms with E-state index in [1.54, 1.807) is 13.8 Å². The maximum atomic E-state index is 9.33. The molecule has 0 radical (unpaired) electrons. The fraction of sp³-hybridized carbons (Fsp3) is 1.00.